The van der Waals surface area contributed by atoms with Gasteiger partial charge in [0.05, 0.1) is 28.4 Å². The van der Waals surface area contributed by atoms with Crippen LogP contribution in [0.2, 0.25) is 0 Å². The summed E-state index contributed by atoms with van der Waals surface area (Å²) in [4.78, 5) is 27.7. The molecule has 4 aromatic rings. The maximum absolute atomic E-state index is 13.8. The summed E-state index contributed by atoms with van der Waals surface area (Å²) in [6.07, 6.45) is 0.596. The third-order valence-corrected chi connectivity index (χ3v) is 8.54. The quantitative estimate of drug-likeness (QED) is 0.163. The Bertz CT molecular complexity index is 1860. The largest absolute Gasteiger partial charge is 0.508 e. The molecule has 9 nitrogen and oxygen atoms in total. The van der Waals surface area contributed by atoms with Gasteiger partial charge in [0.15, 0.2) is 0 Å². The summed E-state index contributed by atoms with van der Waals surface area (Å²) in [5.74, 6) is -5.83. The summed E-state index contributed by atoms with van der Waals surface area (Å²) in [6.45, 7) is 3.71. The van der Waals surface area contributed by atoms with E-state index in [2.05, 4.69) is 0 Å². The number of carbonyl (C=O) groups is 2. The van der Waals surface area contributed by atoms with E-state index in [4.69, 9.17) is 0 Å². The van der Waals surface area contributed by atoms with Crippen LogP contribution in [0.5, 0.6) is 34.5 Å². The molecule has 2 aliphatic rings. The zero-order chi connectivity index (χ0) is 30.9. The van der Waals surface area contributed by atoms with E-state index in [1.54, 1.807) is 19.1 Å². The smallest absolute Gasteiger partial charge is 0.201 e. The summed E-state index contributed by atoms with van der Waals surface area (Å²) in [5, 5.41) is 76.1. The van der Waals surface area contributed by atoms with E-state index in [1.807, 2.05) is 6.92 Å². The lowest BCUT2D eigenvalue weighted by molar-refractivity contribution is 0.101. The van der Waals surface area contributed by atoms with Crippen molar-refractivity contribution in [3.63, 3.8) is 0 Å². The molecule has 4 aromatic carbocycles. The van der Waals surface area contributed by atoms with Crippen LogP contribution in [0.1, 0.15) is 110 Å². The molecule has 0 bridgehead atoms. The van der Waals surface area contributed by atoms with E-state index in [1.165, 1.54) is 24.3 Å². The van der Waals surface area contributed by atoms with Gasteiger partial charge in [-0.1, -0.05) is 32.4 Å². The van der Waals surface area contributed by atoms with E-state index in [0.29, 0.717) is 29.5 Å². The third-order valence-electron chi connectivity index (χ3n) is 8.54. The molecule has 0 aromatic heterocycles. The second-order valence-electron chi connectivity index (χ2n) is 11.2. The standard InChI is InChI=1S/C34H30O9/c1-3-5-14-6-18-27(20-10-16(35)12-25(40)31(20)33(42)29(18)23(38)7-14)28-19-8-15(22(37)4-2)9-24(39)30(19)34(43)32-21(28)11-17(36)13-26(32)41/h6-13,22,27-28,35-41H,3-5H2,1-2H3/t22-,27+,28-/m0/s1. The summed E-state index contributed by atoms with van der Waals surface area (Å²) >= 11 is 0. The lowest BCUT2D eigenvalue weighted by Gasteiger charge is -2.39. The monoisotopic (exact) mass is 582 g/mol. The Hall–Kier alpha value is -5.02. The molecule has 0 unspecified atom stereocenters. The molecule has 7 N–H and O–H groups in total. The van der Waals surface area contributed by atoms with Crippen molar-refractivity contribution in [2.75, 3.05) is 0 Å². The first-order valence-electron chi connectivity index (χ1n) is 14.1. The van der Waals surface area contributed by atoms with Crippen LogP contribution in [-0.2, 0) is 6.42 Å². The highest BCUT2D eigenvalue weighted by molar-refractivity contribution is 6.18. The predicted octanol–water partition coefficient (Wildman–Crippen LogP) is 5.37. The van der Waals surface area contributed by atoms with E-state index >= 15 is 0 Å². The highest BCUT2D eigenvalue weighted by atomic mass is 16.3. The molecule has 2 aliphatic carbocycles. The van der Waals surface area contributed by atoms with Crippen LogP contribution >= 0.6 is 0 Å². The van der Waals surface area contributed by atoms with Crippen molar-refractivity contribution >= 4 is 11.6 Å². The van der Waals surface area contributed by atoms with Crippen LogP contribution in [0, 0.1) is 0 Å². The number of aliphatic hydroxyl groups excluding tert-OH is 1. The lowest BCUT2D eigenvalue weighted by Crippen LogP contribution is -2.30. The van der Waals surface area contributed by atoms with Gasteiger partial charge in [0.2, 0.25) is 11.6 Å². The Morgan fingerprint density at radius 2 is 1.00 bits per heavy atom. The minimum Gasteiger partial charge on any atom is -0.508 e. The third kappa shape index (κ3) is 4.19. The number of aliphatic hydroxyl groups is 1. The van der Waals surface area contributed by atoms with Gasteiger partial charge in [-0.25, -0.2) is 0 Å². The normalized spacial score (nSPS) is 17.6. The van der Waals surface area contributed by atoms with Crippen LogP contribution in [-0.4, -0.2) is 47.3 Å². The number of carbonyl (C=O) groups excluding carboxylic acids is 2. The van der Waals surface area contributed by atoms with Crippen LogP contribution in [0.25, 0.3) is 0 Å². The number of aryl methyl sites for hydroxylation is 1. The topological polar surface area (TPSA) is 176 Å². The van der Waals surface area contributed by atoms with Crippen LogP contribution < -0.4 is 0 Å². The SMILES string of the molecule is CCCc1cc(O)c2c(c1)[C@@H]([C@@H]1c3cc(O)cc(O)c3C(=O)c3c(O)cc([C@@H](O)CC)cc31)c1cc(O)cc(O)c1C2=O. The number of phenolic OH excluding ortho intramolecular Hbond substituents is 6. The second kappa shape index (κ2) is 10.1. The Morgan fingerprint density at radius 1 is 0.581 bits per heavy atom. The van der Waals surface area contributed by atoms with Gasteiger partial charge in [-0.3, -0.25) is 9.59 Å². The van der Waals surface area contributed by atoms with Gasteiger partial charge < -0.3 is 35.7 Å². The van der Waals surface area contributed by atoms with Gasteiger partial charge in [0.1, 0.15) is 34.5 Å². The molecule has 0 fully saturated rings. The van der Waals surface area contributed by atoms with Gasteiger partial charge in [0, 0.05) is 24.0 Å². The summed E-state index contributed by atoms with van der Waals surface area (Å²) < 4.78 is 0. The first-order chi connectivity index (χ1) is 20.5. The number of phenols is 6. The van der Waals surface area contributed by atoms with Gasteiger partial charge >= 0.3 is 0 Å². The molecule has 0 aliphatic heterocycles. The van der Waals surface area contributed by atoms with Crippen molar-refractivity contribution in [3.8, 4) is 34.5 Å². The van der Waals surface area contributed by atoms with Gasteiger partial charge in [-0.05, 0) is 70.5 Å². The molecule has 0 radical (unpaired) electrons. The molecular weight excluding hydrogens is 552 g/mol. The Morgan fingerprint density at radius 3 is 1.47 bits per heavy atom. The van der Waals surface area contributed by atoms with Crippen LogP contribution in [0.15, 0.2) is 48.5 Å². The number of fused-ring (bicyclic) bond motifs is 4. The number of aromatic hydroxyl groups is 6. The van der Waals surface area contributed by atoms with Crippen molar-refractivity contribution in [1.82, 2.24) is 0 Å². The summed E-state index contributed by atoms with van der Waals surface area (Å²) in [6, 6.07) is 10.8. The first-order valence-corrected chi connectivity index (χ1v) is 14.1. The van der Waals surface area contributed by atoms with E-state index in [0.717, 1.165) is 18.6 Å². The number of benzene rings is 4. The number of hydrogen-bond donors (Lipinski definition) is 7. The Labute approximate surface area is 246 Å². The second-order valence-corrected chi connectivity index (χ2v) is 11.2. The van der Waals surface area contributed by atoms with Crippen molar-refractivity contribution in [2.45, 2.75) is 51.0 Å². The fourth-order valence-corrected chi connectivity index (χ4v) is 6.78. The van der Waals surface area contributed by atoms with E-state index < -0.39 is 46.8 Å². The van der Waals surface area contributed by atoms with Gasteiger partial charge in [-0.2, -0.15) is 0 Å². The molecule has 0 heterocycles. The zero-order valence-corrected chi connectivity index (χ0v) is 23.4. The molecule has 3 atom stereocenters. The van der Waals surface area contributed by atoms with Crippen molar-refractivity contribution in [1.29, 1.82) is 0 Å². The molecular formula is C34H30O9. The maximum atomic E-state index is 13.8. The lowest BCUT2D eigenvalue weighted by atomic mass is 9.63. The first kappa shape index (κ1) is 28.1. The zero-order valence-electron chi connectivity index (χ0n) is 23.4. The molecule has 43 heavy (non-hydrogen) atoms. The minimum atomic E-state index is -1.02. The Kier molecular flexibility index (Phi) is 6.58. The molecule has 220 valence electrons. The summed E-state index contributed by atoms with van der Waals surface area (Å²) in [5.41, 5.74) is 1.42. The molecule has 0 saturated carbocycles. The van der Waals surface area contributed by atoms with Crippen molar-refractivity contribution in [2.24, 2.45) is 0 Å². The number of rotatable bonds is 5. The Balaban J connectivity index is 1.79. The molecule has 6 rings (SSSR count). The molecule has 9 heteroatoms. The van der Waals surface area contributed by atoms with Crippen LogP contribution in [0.3, 0.4) is 0 Å². The van der Waals surface area contributed by atoms with Crippen LogP contribution in [0.4, 0.5) is 0 Å². The maximum Gasteiger partial charge on any atom is 0.201 e. The number of hydrogen-bond acceptors (Lipinski definition) is 9. The van der Waals surface area contributed by atoms with E-state index in [-0.39, 0.29) is 56.2 Å². The highest BCUT2D eigenvalue weighted by Gasteiger charge is 2.46. The van der Waals surface area contributed by atoms with Crippen molar-refractivity contribution in [3.05, 3.63) is 104 Å². The van der Waals surface area contributed by atoms with Crippen molar-refractivity contribution < 1.29 is 45.3 Å². The fraction of sp³-hybridized carbons (Fsp3) is 0.235. The molecule has 0 saturated heterocycles. The predicted molar refractivity (Wildman–Crippen MR) is 156 cm³/mol. The minimum absolute atomic E-state index is 0.0725. The van der Waals surface area contributed by atoms with Gasteiger partial charge in [-0.15, -0.1) is 0 Å². The van der Waals surface area contributed by atoms with Gasteiger partial charge in [0.25, 0.3) is 0 Å². The number of ketones is 2. The summed E-state index contributed by atoms with van der Waals surface area (Å²) in [7, 11) is 0. The average Bonchev–Trinajstić information content (AvgIpc) is 2.92. The van der Waals surface area contributed by atoms with E-state index in [9.17, 15) is 45.3 Å². The molecule has 0 spiro atoms. The highest BCUT2D eigenvalue weighted by Crippen LogP contribution is 2.57. The fourth-order valence-electron chi connectivity index (χ4n) is 6.78. The molecule has 0 amide bonds. The average molecular weight is 583 g/mol.